The Bertz CT molecular complexity index is 718. The Labute approximate surface area is 103 Å². The summed E-state index contributed by atoms with van der Waals surface area (Å²) in [5, 5.41) is 4.99. The number of fused-ring (bicyclic) bond motifs is 1. The van der Waals surface area contributed by atoms with Gasteiger partial charge in [0.25, 0.3) is 0 Å². The third-order valence-corrected chi connectivity index (χ3v) is 2.75. The van der Waals surface area contributed by atoms with Gasteiger partial charge >= 0.3 is 0 Å². The van der Waals surface area contributed by atoms with Gasteiger partial charge in [-0.15, -0.1) is 0 Å². The first-order valence-electron chi connectivity index (χ1n) is 5.45. The summed E-state index contributed by atoms with van der Waals surface area (Å²) >= 11 is 0. The minimum absolute atomic E-state index is 0.457. The van der Waals surface area contributed by atoms with Crippen LogP contribution in [-0.4, -0.2) is 20.7 Å². The van der Waals surface area contributed by atoms with Crippen LogP contribution < -0.4 is 5.73 Å². The number of aromatic nitrogens is 3. The van der Waals surface area contributed by atoms with E-state index in [0.29, 0.717) is 11.4 Å². The van der Waals surface area contributed by atoms with Crippen LogP contribution in [-0.2, 0) is 0 Å². The number of nitrogens with two attached hydrogens (primary N) is 1. The molecule has 3 aromatic rings. The number of carbonyl (C=O) groups is 1. The van der Waals surface area contributed by atoms with Crippen LogP contribution in [0.15, 0.2) is 48.8 Å². The zero-order valence-corrected chi connectivity index (χ0v) is 9.45. The van der Waals surface area contributed by atoms with Crippen molar-refractivity contribution >= 4 is 16.8 Å². The van der Waals surface area contributed by atoms with Gasteiger partial charge in [-0.25, -0.2) is 9.67 Å². The van der Waals surface area contributed by atoms with E-state index in [-0.39, 0.29) is 0 Å². The lowest BCUT2D eigenvalue weighted by Gasteiger charge is -2.02. The van der Waals surface area contributed by atoms with Crippen LogP contribution in [0.5, 0.6) is 0 Å². The Hall–Kier alpha value is -2.69. The molecule has 88 valence electrons. The van der Waals surface area contributed by atoms with Crippen molar-refractivity contribution in [3.05, 3.63) is 54.4 Å². The molecule has 0 radical (unpaired) electrons. The van der Waals surface area contributed by atoms with E-state index in [9.17, 15) is 4.79 Å². The van der Waals surface area contributed by atoms with E-state index >= 15 is 0 Å². The predicted octanol–water partition coefficient (Wildman–Crippen LogP) is 1.52. The van der Waals surface area contributed by atoms with Crippen molar-refractivity contribution in [2.24, 2.45) is 5.73 Å². The summed E-state index contributed by atoms with van der Waals surface area (Å²) in [5.41, 5.74) is 6.61. The molecule has 1 amide bonds. The summed E-state index contributed by atoms with van der Waals surface area (Å²) in [6, 6.07) is 10.9. The van der Waals surface area contributed by atoms with Crippen molar-refractivity contribution in [1.29, 1.82) is 0 Å². The monoisotopic (exact) mass is 238 g/mol. The molecule has 0 spiro atoms. The van der Waals surface area contributed by atoms with E-state index in [2.05, 4.69) is 10.1 Å². The molecule has 5 nitrogen and oxygen atoms in total. The second kappa shape index (κ2) is 3.96. The molecule has 2 heterocycles. The van der Waals surface area contributed by atoms with Gasteiger partial charge in [-0.1, -0.05) is 12.1 Å². The molecule has 2 N–H and O–H groups in total. The van der Waals surface area contributed by atoms with Gasteiger partial charge in [0.05, 0.1) is 17.3 Å². The summed E-state index contributed by atoms with van der Waals surface area (Å²) in [5.74, 6) is 0.246. The number of rotatable bonds is 2. The highest BCUT2D eigenvalue weighted by atomic mass is 16.1. The zero-order chi connectivity index (χ0) is 12.5. The van der Waals surface area contributed by atoms with Crippen molar-refractivity contribution in [2.45, 2.75) is 0 Å². The van der Waals surface area contributed by atoms with Gasteiger partial charge in [0, 0.05) is 11.6 Å². The number of hydrogen-bond donors (Lipinski definition) is 1. The van der Waals surface area contributed by atoms with Gasteiger partial charge < -0.3 is 5.73 Å². The molecule has 2 aromatic heterocycles. The molecule has 0 fully saturated rings. The minimum atomic E-state index is -0.457. The SMILES string of the molecule is NC(=O)c1cccc2c1cnn2-c1ccccn1. The van der Waals surface area contributed by atoms with Gasteiger partial charge in [0.15, 0.2) is 5.82 Å². The van der Waals surface area contributed by atoms with Gasteiger partial charge in [-0.05, 0) is 24.3 Å². The maximum atomic E-state index is 11.3. The number of pyridine rings is 1. The molecule has 5 heteroatoms. The maximum Gasteiger partial charge on any atom is 0.249 e. The standard InChI is InChI=1S/C13H10N4O/c14-13(18)9-4-3-5-11-10(9)8-16-17(11)12-6-1-2-7-15-12/h1-8H,(H2,14,18). The highest BCUT2D eigenvalue weighted by Crippen LogP contribution is 2.20. The normalized spacial score (nSPS) is 10.7. The van der Waals surface area contributed by atoms with Crippen molar-refractivity contribution in [2.75, 3.05) is 0 Å². The first kappa shape index (κ1) is 10.5. The smallest absolute Gasteiger partial charge is 0.249 e. The first-order chi connectivity index (χ1) is 8.77. The van der Waals surface area contributed by atoms with E-state index in [1.807, 2.05) is 24.3 Å². The highest BCUT2D eigenvalue weighted by molar-refractivity contribution is 6.05. The van der Waals surface area contributed by atoms with Crippen LogP contribution in [0.3, 0.4) is 0 Å². The van der Waals surface area contributed by atoms with E-state index < -0.39 is 5.91 Å². The second-order valence-electron chi connectivity index (χ2n) is 3.85. The number of amides is 1. The molecule has 1 aromatic carbocycles. The first-order valence-corrected chi connectivity index (χ1v) is 5.45. The molecule has 0 aliphatic rings. The Morgan fingerprint density at radius 3 is 2.78 bits per heavy atom. The molecule has 0 aliphatic heterocycles. The van der Waals surface area contributed by atoms with Crippen molar-refractivity contribution < 1.29 is 4.79 Å². The molecular formula is C13H10N4O. The van der Waals surface area contributed by atoms with Crippen LogP contribution in [0.1, 0.15) is 10.4 Å². The molecule has 0 aliphatic carbocycles. The molecule has 0 atom stereocenters. The number of benzene rings is 1. The van der Waals surface area contributed by atoms with E-state index in [1.54, 1.807) is 29.2 Å². The maximum absolute atomic E-state index is 11.3. The fourth-order valence-corrected chi connectivity index (χ4v) is 1.93. The summed E-state index contributed by atoms with van der Waals surface area (Å²) in [4.78, 5) is 15.6. The molecule has 3 rings (SSSR count). The van der Waals surface area contributed by atoms with Crippen molar-refractivity contribution in [3.63, 3.8) is 0 Å². The summed E-state index contributed by atoms with van der Waals surface area (Å²) in [6.07, 6.45) is 3.32. The fourth-order valence-electron chi connectivity index (χ4n) is 1.93. The molecule has 0 unspecified atom stereocenters. The van der Waals surface area contributed by atoms with Crippen LogP contribution in [0.25, 0.3) is 16.7 Å². The Morgan fingerprint density at radius 1 is 1.17 bits per heavy atom. The van der Waals surface area contributed by atoms with Crippen molar-refractivity contribution in [1.82, 2.24) is 14.8 Å². The Morgan fingerprint density at radius 2 is 2.06 bits per heavy atom. The lowest BCUT2D eigenvalue weighted by molar-refractivity contribution is 0.100. The fraction of sp³-hybridized carbons (Fsp3) is 0. The van der Waals surface area contributed by atoms with Crippen LogP contribution in [0.4, 0.5) is 0 Å². The summed E-state index contributed by atoms with van der Waals surface area (Å²) < 4.78 is 1.68. The Balaban J connectivity index is 2.28. The number of hydrogen-bond acceptors (Lipinski definition) is 3. The van der Waals surface area contributed by atoms with Gasteiger partial charge in [0.2, 0.25) is 5.91 Å². The summed E-state index contributed by atoms with van der Waals surface area (Å²) in [6.45, 7) is 0. The van der Waals surface area contributed by atoms with Crippen molar-refractivity contribution in [3.8, 4) is 5.82 Å². The molecule has 0 saturated heterocycles. The zero-order valence-electron chi connectivity index (χ0n) is 9.45. The average molecular weight is 238 g/mol. The molecule has 0 bridgehead atoms. The van der Waals surface area contributed by atoms with Crippen LogP contribution in [0, 0.1) is 0 Å². The van der Waals surface area contributed by atoms with Gasteiger partial charge in [-0.2, -0.15) is 5.10 Å². The Kier molecular flexibility index (Phi) is 2.30. The third kappa shape index (κ3) is 1.53. The largest absolute Gasteiger partial charge is 0.366 e. The topological polar surface area (TPSA) is 73.8 Å². The molecular weight excluding hydrogens is 228 g/mol. The second-order valence-corrected chi connectivity index (χ2v) is 3.85. The quantitative estimate of drug-likeness (QED) is 0.735. The van der Waals surface area contributed by atoms with Crippen LogP contribution >= 0.6 is 0 Å². The lowest BCUT2D eigenvalue weighted by Crippen LogP contribution is -2.11. The summed E-state index contributed by atoms with van der Waals surface area (Å²) in [7, 11) is 0. The minimum Gasteiger partial charge on any atom is -0.366 e. The predicted molar refractivity (Wildman–Crippen MR) is 67.4 cm³/mol. The third-order valence-electron chi connectivity index (χ3n) is 2.75. The van der Waals surface area contributed by atoms with Gasteiger partial charge in [0.1, 0.15) is 0 Å². The molecule has 18 heavy (non-hydrogen) atoms. The lowest BCUT2D eigenvalue weighted by atomic mass is 10.1. The average Bonchev–Trinajstić information content (AvgIpc) is 2.83. The molecule has 0 saturated carbocycles. The van der Waals surface area contributed by atoms with E-state index in [0.717, 1.165) is 10.9 Å². The van der Waals surface area contributed by atoms with Gasteiger partial charge in [-0.3, -0.25) is 4.79 Å². The van der Waals surface area contributed by atoms with E-state index in [4.69, 9.17) is 5.73 Å². The van der Waals surface area contributed by atoms with Crippen LogP contribution in [0.2, 0.25) is 0 Å². The highest BCUT2D eigenvalue weighted by Gasteiger charge is 2.11. The van der Waals surface area contributed by atoms with E-state index in [1.165, 1.54) is 0 Å². The number of primary amides is 1. The number of nitrogens with zero attached hydrogens (tertiary/aromatic N) is 3. The number of carbonyl (C=O) groups excluding carboxylic acids is 1.